The smallest absolute Gasteiger partial charge is 0.309 e. The molecule has 0 aliphatic heterocycles. The van der Waals surface area contributed by atoms with Gasteiger partial charge in [-0.1, -0.05) is 12.1 Å². The summed E-state index contributed by atoms with van der Waals surface area (Å²) in [6, 6.07) is -4.50. The van der Waals surface area contributed by atoms with Crippen LogP contribution in [0.1, 0.15) is 60.5 Å². The molecule has 0 aliphatic rings. The first-order valence-electron chi connectivity index (χ1n) is 11.9. The second-order valence-corrected chi connectivity index (χ2v) is 6.97. The van der Waals surface area contributed by atoms with Crippen molar-refractivity contribution in [3.8, 4) is 5.75 Å². The van der Waals surface area contributed by atoms with Crippen molar-refractivity contribution in [1.29, 1.82) is 0 Å². The predicted molar refractivity (Wildman–Crippen MR) is 108 cm³/mol. The molecule has 2 aromatic heterocycles. The van der Waals surface area contributed by atoms with E-state index in [2.05, 4.69) is 20.5 Å². The molecule has 32 heavy (non-hydrogen) atoms. The van der Waals surface area contributed by atoms with Crippen LogP contribution >= 0.6 is 0 Å². The Morgan fingerprint density at radius 2 is 1.94 bits per heavy atom. The Hall–Kier alpha value is -4.09. The van der Waals surface area contributed by atoms with Gasteiger partial charge in [0.1, 0.15) is 11.6 Å². The van der Waals surface area contributed by atoms with Gasteiger partial charge in [-0.2, -0.15) is 0 Å². The Bertz CT molecular complexity index is 1510. The molecule has 11 nitrogen and oxygen atoms in total. The highest BCUT2D eigenvalue weighted by Crippen LogP contribution is 2.20. The van der Waals surface area contributed by atoms with E-state index in [1.54, 1.807) is 5.32 Å². The summed E-state index contributed by atoms with van der Waals surface area (Å²) in [5, 5.41) is 21.7. The van der Waals surface area contributed by atoms with E-state index in [9.17, 15) is 23.9 Å². The molecule has 1 aromatic carbocycles. The number of aromatic nitrogens is 4. The van der Waals surface area contributed by atoms with Gasteiger partial charge >= 0.3 is 11.8 Å². The maximum absolute atomic E-state index is 13.9. The largest absolute Gasteiger partial charge is 0.501 e. The molecule has 2 amide bonds. The fourth-order valence-electron chi connectivity index (χ4n) is 2.63. The number of aryl methyl sites for hydroxylation is 1. The van der Waals surface area contributed by atoms with Crippen LogP contribution in [0.4, 0.5) is 4.39 Å². The Morgan fingerprint density at radius 1 is 1.28 bits per heavy atom. The zero-order chi connectivity index (χ0) is 28.9. The lowest BCUT2D eigenvalue weighted by Gasteiger charge is -2.27. The average molecular weight is 450 g/mol. The Balaban J connectivity index is 2.04. The van der Waals surface area contributed by atoms with Crippen LogP contribution in [0.3, 0.4) is 0 Å². The summed E-state index contributed by atoms with van der Waals surface area (Å²) in [6.45, 7) is 1.12. The number of halogens is 1. The third-order valence-corrected chi connectivity index (χ3v) is 4.08. The van der Waals surface area contributed by atoms with E-state index in [0.29, 0.717) is 0 Å². The minimum Gasteiger partial charge on any atom is -0.501 e. The van der Waals surface area contributed by atoms with E-state index in [1.165, 1.54) is 27.8 Å². The third-order valence-electron chi connectivity index (χ3n) is 4.08. The van der Waals surface area contributed by atoms with Crippen LogP contribution in [-0.4, -0.2) is 36.7 Å². The van der Waals surface area contributed by atoms with E-state index in [-0.39, 0.29) is 11.7 Å². The molecule has 168 valence electrons. The molecule has 0 unspecified atom stereocenters. The Kier molecular flexibility index (Phi) is 4.20. The highest BCUT2D eigenvalue weighted by molar-refractivity contribution is 5.94. The molecular weight excluding hydrogens is 423 g/mol. The molecule has 0 saturated heterocycles. The summed E-state index contributed by atoms with van der Waals surface area (Å²) in [5.41, 5.74) is -4.61. The molecule has 2 heterocycles. The lowest BCUT2D eigenvalue weighted by atomic mass is 10.0. The molecule has 0 fully saturated rings. The fraction of sp³-hybridized carbons (Fsp3) is 0.300. The van der Waals surface area contributed by atoms with Gasteiger partial charge in [-0.25, -0.2) is 9.37 Å². The SMILES string of the molecule is [2H]c1c([2H])c(C([2H])([2H])NC(=O)c2nc(C(C)(C)NC(=O)c3nnc(C)o3)n(C)c(=O)c2O)c([2H])c([2H])c1F. The molecule has 0 atom stereocenters. The summed E-state index contributed by atoms with van der Waals surface area (Å²) >= 11 is 0. The molecular formula is C20H21FN6O5. The van der Waals surface area contributed by atoms with Crippen LogP contribution in [0.15, 0.2) is 33.4 Å². The predicted octanol–water partition coefficient (Wildman–Crippen LogP) is 0.912. The summed E-state index contributed by atoms with van der Waals surface area (Å²) in [6.07, 6.45) is 0. The number of amides is 2. The summed E-state index contributed by atoms with van der Waals surface area (Å²) in [5.74, 6) is -5.58. The minimum atomic E-state index is -3.14. The third kappa shape index (κ3) is 4.63. The standard InChI is InChI=1S/C20H21FN6O5/c1-10-25-26-17(32-10)16(30)24-20(2,3)19-23-13(14(28)18(31)27(19)4)15(29)22-9-11-5-7-12(21)8-6-11/h5-8,28H,9H2,1-4H3,(H,22,29)(H,24,30)/i5D,6D,7D,8D,9D2. The Morgan fingerprint density at radius 3 is 2.53 bits per heavy atom. The van der Waals surface area contributed by atoms with Crippen LogP contribution in [0.2, 0.25) is 0 Å². The van der Waals surface area contributed by atoms with Crippen LogP contribution in [0.5, 0.6) is 5.75 Å². The minimum absolute atomic E-state index is 0.110. The van der Waals surface area contributed by atoms with Crippen molar-refractivity contribution < 1.29 is 31.7 Å². The molecule has 0 radical (unpaired) electrons. The van der Waals surface area contributed by atoms with Crippen molar-refractivity contribution in [3.05, 3.63) is 69.2 Å². The highest BCUT2D eigenvalue weighted by atomic mass is 19.1. The quantitative estimate of drug-likeness (QED) is 0.501. The van der Waals surface area contributed by atoms with Crippen molar-refractivity contribution in [2.75, 3.05) is 0 Å². The van der Waals surface area contributed by atoms with Gasteiger partial charge in [-0.3, -0.25) is 19.0 Å². The number of nitrogens with zero attached hydrogens (tertiary/aromatic N) is 4. The normalized spacial score (nSPS) is 14.4. The number of carbonyl (C=O) groups is 2. The summed E-state index contributed by atoms with van der Waals surface area (Å²) in [4.78, 5) is 42.1. The molecule has 12 heteroatoms. The van der Waals surface area contributed by atoms with E-state index in [4.69, 9.17) is 12.6 Å². The molecule has 3 aromatic rings. The van der Waals surface area contributed by atoms with Crippen molar-refractivity contribution in [1.82, 2.24) is 30.4 Å². The average Bonchev–Trinajstić information content (AvgIpc) is 3.25. The van der Waals surface area contributed by atoms with Gasteiger partial charge in [0.2, 0.25) is 11.6 Å². The number of hydrogen-bond donors (Lipinski definition) is 3. The number of rotatable bonds is 6. The van der Waals surface area contributed by atoms with Gasteiger partial charge in [0.05, 0.1) is 13.8 Å². The molecule has 0 aliphatic carbocycles. The van der Waals surface area contributed by atoms with E-state index in [0.717, 1.165) is 4.57 Å². The number of nitrogens with one attached hydrogen (secondary N) is 2. The second-order valence-electron chi connectivity index (χ2n) is 6.97. The monoisotopic (exact) mass is 450 g/mol. The van der Waals surface area contributed by atoms with Crippen molar-refractivity contribution in [2.24, 2.45) is 7.05 Å². The highest BCUT2D eigenvalue weighted by Gasteiger charge is 2.32. The Labute approximate surface area is 189 Å². The van der Waals surface area contributed by atoms with Gasteiger partial charge in [0.15, 0.2) is 5.69 Å². The van der Waals surface area contributed by atoms with Crippen LogP contribution < -0.4 is 16.2 Å². The zero-order valence-electron chi connectivity index (χ0n) is 23.2. The van der Waals surface area contributed by atoms with Gasteiger partial charge in [0.25, 0.3) is 11.5 Å². The van der Waals surface area contributed by atoms with E-state index < -0.39 is 82.3 Å². The van der Waals surface area contributed by atoms with Crippen molar-refractivity contribution in [2.45, 2.75) is 32.8 Å². The first-order chi connectivity index (χ1) is 17.4. The fourth-order valence-corrected chi connectivity index (χ4v) is 2.63. The number of hydrogen-bond acceptors (Lipinski definition) is 8. The topological polar surface area (TPSA) is 152 Å². The van der Waals surface area contributed by atoms with Crippen molar-refractivity contribution >= 4 is 11.8 Å². The first-order valence-corrected chi connectivity index (χ1v) is 8.92. The van der Waals surface area contributed by atoms with Gasteiger partial charge in [-0.15, -0.1) is 10.2 Å². The number of aromatic hydroxyl groups is 1. The lowest BCUT2D eigenvalue weighted by Crippen LogP contribution is -2.46. The summed E-state index contributed by atoms with van der Waals surface area (Å²) in [7, 11) is 1.19. The number of benzene rings is 1. The van der Waals surface area contributed by atoms with Crippen LogP contribution in [0, 0.1) is 12.7 Å². The van der Waals surface area contributed by atoms with E-state index in [1.807, 2.05) is 0 Å². The zero-order valence-corrected chi connectivity index (χ0v) is 17.2. The van der Waals surface area contributed by atoms with Crippen LogP contribution in [-0.2, 0) is 19.1 Å². The van der Waals surface area contributed by atoms with Gasteiger partial charge in [0, 0.05) is 20.5 Å². The van der Waals surface area contributed by atoms with E-state index >= 15 is 0 Å². The second kappa shape index (κ2) is 8.57. The first kappa shape index (κ1) is 15.7. The van der Waals surface area contributed by atoms with Gasteiger partial charge < -0.3 is 20.2 Å². The van der Waals surface area contributed by atoms with Crippen molar-refractivity contribution in [3.63, 3.8) is 0 Å². The lowest BCUT2D eigenvalue weighted by molar-refractivity contribution is 0.0869. The maximum atomic E-state index is 13.9. The van der Waals surface area contributed by atoms with Gasteiger partial charge in [-0.05, 0) is 31.5 Å². The molecule has 0 bridgehead atoms. The summed E-state index contributed by atoms with van der Waals surface area (Å²) < 4.78 is 66.9. The van der Waals surface area contributed by atoms with Crippen LogP contribution in [0.25, 0.3) is 0 Å². The molecule has 0 saturated carbocycles. The maximum Gasteiger partial charge on any atom is 0.309 e. The molecule has 3 N–H and O–H groups in total. The number of carbonyl (C=O) groups excluding carboxylic acids is 2. The molecule has 3 rings (SSSR count). The molecule has 0 spiro atoms.